The van der Waals surface area contributed by atoms with Gasteiger partial charge in [0.15, 0.2) is 5.69 Å². The predicted molar refractivity (Wildman–Crippen MR) is 64.0 cm³/mol. The van der Waals surface area contributed by atoms with Gasteiger partial charge in [-0.25, -0.2) is 9.18 Å². The van der Waals surface area contributed by atoms with E-state index in [9.17, 15) is 14.0 Å². The largest absolute Gasteiger partial charge is 0.478 e. The number of hydrogen-bond acceptors (Lipinski definition) is 5. The molecule has 102 valence electrons. The SMILES string of the molecule is NC(=O)c1ccc(Oc2ccc(F)cc2C(=O)O)nn1. The fraction of sp³-hybridized carbons (Fsp3) is 0. The van der Waals surface area contributed by atoms with Gasteiger partial charge in [-0.3, -0.25) is 4.79 Å². The number of halogens is 1. The highest BCUT2D eigenvalue weighted by molar-refractivity contribution is 5.91. The van der Waals surface area contributed by atoms with Gasteiger partial charge in [0.05, 0.1) is 0 Å². The third-order valence-electron chi connectivity index (χ3n) is 2.28. The van der Waals surface area contributed by atoms with E-state index < -0.39 is 17.7 Å². The summed E-state index contributed by atoms with van der Waals surface area (Å²) >= 11 is 0. The summed E-state index contributed by atoms with van der Waals surface area (Å²) < 4.78 is 18.2. The molecule has 0 aliphatic carbocycles. The number of carbonyl (C=O) groups is 2. The lowest BCUT2D eigenvalue weighted by Crippen LogP contribution is -2.13. The lowest BCUT2D eigenvalue weighted by atomic mass is 10.2. The van der Waals surface area contributed by atoms with Gasteiger partial charge in [-0.2, -0.15) is 0 Å². The summed E-state index contributed by atoms with van der Waals surface area (Å²) in [6.45, 7) is 0. The number of amides is 1. The average Bonchev–Trinajstić information content (AvgIpc) is 2.41. The van der Waals surface area contributed by atoms with Crippen molar-refractivity contribution in [2.75, 3.05) is 0 Å². The number of nitrogens with two attached hydrogens (primary N) is 1. The number of rotatable bonds is 4. The molecule has 0 saturated carbocycles. The lowest BCUT2D eigenvalue weighted by molar-refractivity contribution is 0.0693. The van der Waals surface area contributed by atoms with Crippen LogP contribution in [0.25, 0.3) is 0 Å². The van der Waals surface area contributed by atoms with E-state index in [1.54, 1.807) is 0 Å². The molecule has 2 rings (SSSR count). The summed E-state index contributed by atoms with van der Waals surface area (Å²) in [7, 11) is 0. The Labute approximate surface area is 111 Å². The maximum absolute atomic E-state index is 13.0. The number of ether oxygens (including phenoxy) is 1. The van der Waals surface area contributed by atoms with E-state index in [0.29, 0.717) is 0 Å². The number of nitrogens with zero attached hydrogens (tertiary/aromatic N) is 2. The summed E-state index contributed by atoms with van der Waals surface area (Å²) in [5, 5.41) is 16.0. The highest BCUT2D eigenvalue weighted by Crippen LogP contribution is 2.24. The zero-order chi connectivity index (χ0) is 14.7. The first-order valence-corrected chi connectivity index (χ1v) is 5.31. The number of hydrogen-bond donors (Lipinski definition) is 2. The molecule has 1 aromatic carbocycles. The molecule has 0 spiro atoms. The van der Waals surface area contributed by atoms with Gasteiger partial charge in [-0.05, 0) is 24.3 Å². The first-order chi connectivity index (χ1) is 9.47. The Balaban J connectivity index is 2.30. The second-order valence-corrected chi connectivity index (χ2v) is 3.67. The number of carbonyl (C=O) groups excluding carboxylic acids is 1. The lowest BCUT2D eigenvalue weighted by Gasteiger charge is -2.07. The van der Waals surface area contributed by atoms with Crippen LogP contribution >= 0.6 is 0 Å². The maximum Gasteiger partial charge on any atom is 0.339 e. The number of aromatic carboxylic acids is 1. The number of carboxylic acid groups (broad SMARTS) is 1. The van der Waals surface area contributed by atoms with Gasteiger partial charge in [0.25, 0.3) is 5.91 Å². The van der Waals surface area contributed by atoms with Gasteiger partial charge in [0, 0.05) is 6.07 Å². The number of aromatic nitrogens is 2. The molecule has 0 aliphatic heterocycles. The fourth-order valence-electron chi connectivity index (χ4n) is 1.38. The Morgan fingerprint density at radius 2 is 1.95 bits per heavy atom. The van der Waals surface area contributed by atoms with Crippen molar-refractivity contribution in [2.45, 2.75) is 0 Å². The first kappa shape index (κ1) is 13.4. The maximum atomic E-state index is 13.0. The normalized spacial score (nSPS) is 10.1. The summed E-state index contributed by atoms with van der Waals surface area (Å²) in [5.41, 5.74) is 4.58. The van der Waals surface area contributed by atoms with Crippen LogP contribution in [-0.2, 0) is 0 Å². The molecule has 1 amide bonds. The van der Waals surface area contributed by atoms with E-state index in [1.807, 2.05) is 0 Å². The topological polar surface area (TPSA) is 115 Å². The van der Waals surface area contributed by atoms with E-state index >= 15 is 0 Å². The van der Waals surface area contributed by atoms with E-state index in [4.69, 9.17) is 15.6 Å². The number of carboxylic acids is 1. The number of primary amides is 1. The molecule has 0 radical (unpaired) electrons. The second kappa shape index (κ2) is 5.31. The van der Waals surface area contributed by atoms with Crippen molar-refractivity contribution in [2.24, 2.45) is 5.73 Å². The monoisotopic (exact) mass is 277 g/mol. The van der Waals surface area contributed by atoms with Crippen LogP contribution in [0.1, 0.15) is 20.8 Å². The van der Waals surface area contributed by atoms with Crippen LogP contribution in [-0.4, -0.2) is 27.2 Å². The number of benzene rings is 1. The van der Waals surface area contributed by atoms with Crippen LogP contribution in [0.2, 0.25) is 0 Å². The van der Waals surface area contributed by atoms with E-state index in [-0.39, 0.29) is 22.9 Å². The van der Waals surface area contributed by atoms with Gasteiger partial charge in [-0.15, -0.1) is 10.2 Å². The standard InChI is InChI=1S/C12H8FN3O4/c13-6-1-3-9(7(5-6)12(18)19)20-10-4-2-8(11(14)17)15-16-10/h1-5H,(H2,14,17)(H,18,19). The van der Waals surface area contributed by atoms with Crippen LogP contribution in [0.15, 0.2) is 30.3 Å². The highest BCUT2D eigenvalue weighted by Gasteiger charge is 2.14. The minimum atomic E-state index is -1.35. The van der Waals surface area contributed by atoms with Crippen LogP contribution < -0.4 is 10.5 Å². The Hall–Kier alpha value is -3.03. The molecular weight excluding hydrogens is 269 g/mol. The fourth-order valence-corrected chi connectivity index (χ4v) is 1.38. The van der Waals surface area contributed by atoms with Crippen molar-refractivity contribution in [3.8, 4) is 11.6 Å². The molecule has 0 fully saturated rings. The van der Waals surface area contributed by atoms with Crippen molar-refractivity contribution in [3.63, 3.8) is 0 Å². The molecule has 0 aliphatic rings. The van der Waals surface area contributed by atoms with Crippen molar-refractivity contribution < 1.29 is 23.8 Å². The quantitative estimate of drug-likeness (QED) is 0.867. The molecule has 2 aromatic rings. The van der Waals surface area contributed by atoms with Gasteiger partial charge >= 0.3 is 5.97 Å². The van der Waals surface area contributed by atoms with Crippen LogP contribution in [0.3, 0.4) is 0 Å². The zero-order valence-electron chi connectivity index (χ0n) is 9.91. The highest BCUT2D eigenvalue weighted by atomic mass is 19.1. The molecule has 0 unspecified atom stereocenters. The molecule has 0 atom stereocenters. The summed E-state index contributed by atoms with van der Waals surface area (Å²) in [5.74, 6) is -2.95. The van der Waals surface area contributed by atoms with Crippen LogP contribution in [0, 0.1) is 5.82 Å². The van der Waals surface area contributed by atoms with Crippen molar-refractivity contribution in [3.05, 3.63) is 47.4 Å². The Morgan fingerprint density at radius 1 is 1.20 bits per heavy atom. The smallest absolute Gasteiger partial charge is 0.339 e. The Bertz CT molecular complexity index is 673. The van der Waals surface area contributed by atoms with Crippen molar-refractivity contribution in [1.82, 2.24) is 10.2 Å². The summed E-state index contributed by atoms with van der Waals surface area (Å²) in [6.07, 6.45) is 0. The molecule has 1 heterocycles. The molecule has 8 heteroatoms. The molecule has 7 nitrogen and oxygen atoms in total. The van der Waals surface area contributed by atoms with E-state index in [0.717, 1.165) is 18.2 Å². The third-order valence-corrected chi connectivity index (χ3v) is 2.28. The third kappa shape index (κ3) is 2.86. The van der Waals surface area contributed by atoms with E-state index in [1.165, 1.54) is 12.1 Å². The second-order valence-electron chi connectivity index (χ2n) is 3.67. The molecule has 20 heavy (non-hydrogen) atoms. The Morgan fingerprint density at radius 3 is 2.50 bits per heavy atom. The molecule has 3 N–H and O–H groups in total. The minimum absolute atomic E-state index is 0.0518. The summed E-state index contributed by atoms with van der Waals surface area (Å²) in [6, 6.07) is 5.59. The van der Waals surface area contributed by atoms with Gasteiger partial charge in [0.1, 0.15) is 17.1 Å². The molecular formula is C12H8FN3O4. The van der Waals surface area contributed by atoms with Crippen molar-refractivity contribution in [1.29, 1.82) is 0 Å². The van der Waals surface area contributed by atoms with E-state index in [2.05, 4.69) is 10.2 Å². The van der Waals surface area contributed by atoms with Gasteiger partial charge in [0.2, 0.25) is 5.88 Å². The minimum Gasteiger partial charge on any atom is -0.478 e. The summed E-state index contributed by atoms with van der Waals surface area (Å²) in [4.78, 5) is 21.8. The Kier molecular flexibility index (Phi) is 3.56. The van der Waals surface area contributed by atoms with Crippen molar-refractivity contribution >= 4 is 11.9 Å². The van der Waals surface area contributed by atoms with Crippen LogP contribution in [0.4, 0.5) is 4.39 Å². The molecule has 0 bridgehead atoms. The molecule has 0 saturated heterocycles. The first-order valence-electron chi connectivity index (χ1n) is 5.31. The average molecular weight is 277 g/mol. The van der Waals surface area contributed by atoms with Crippen LogP contribution in [0.5, 0.6) is 11.6 Å². The zero-order valence-corrected chi connectivity index (χ0v) is 9.91. The molecule has 1 aromatic heterocycles. The van der Waals surface area contributed by atoms with Gasteiger partial charge < -0.3 is 15.6 Å². The predicted octanol–water partition coefficient (Wildman–Crippen LogP) is 1.21. The van der Waals surface area contributed by atoms with Gasteiger partial charge in [-0.1, -0.05) is 0 Å².